The molecule has 7 heteroatoms. The maximum atomic E-state index is 12.9. The zero-order valence-electron chi connectivity index (χ0n) is 6.80. The summed E-state index contributed by atoms with van der Waals surface area (Å²) in [5, 5.41) is -0.657. The van der Waals surface area contributed by atoms with E-state index < -0.39 is 21.1 Å². The fraction of sp³-hybridized carbons (Fsp3) is 0.143. The van der Waals surface area contributed by atoms with Gasteiger partial charge in [-0.15, -0.1) is 11.6 Å². The third-order valence-corrected chi connectivity index (χ3v) is 3.34. The van der Waals surface area contributed by atoms with Crippen molar-refractivity contribution < 1.29 is 12.8 Å². The molecule has 0 saturated carbocycles. The van der Waals surface area contributed by atoms with Crippen LogP contribution < -0.4 is 4.72 Å². The summed E-state index contributed by atoms with van der Waals surface area (Å²) in [6.45, 7) is 0. The van der Waals surface area contributed by atoms with E-state index >= 15 is 0 Å². The van der Waals surface area contributed by atoms with E-state index in [2.05, 4.69) is 4.72 Å². The Morgan fingerprint density at radius 1 is 1.43 bits per heavy atom. The third kappa shape index (κ3) is 3.01. The summed E-state index contributed by atoms with van der Waals surface area (Å²) < 4.78 is 36.9. The van der Waals surface area contributed by atoms with Crippen molar-refractivity contribution in [2.24, 2.45) is 0 Å². The molecule has 14 heavy (non-hydrogen) atoms. The Bertz CT molecular complexity index is 435. The van der Waals surface area contributed by atoms with Crippen LogP contribution in [0, 0.1) is 5.82 Å². The summed E-state index contributed by atoms with van der Waals surface area (Å²) in [6.07, 6.45) is 0. The van der Waals surface area contributed by atoms with E-state index in [9.17, 15) is 12.8 Å². The molecule has 1 aromatic rings. The van der Waals surface area contributed by atoms with Crippen LogP contribution in [0.2, 0.25) is 5.02 Å². The Morgan fingerprint density at radius 3 is 2.57 bits per heavy atom. The van der Waals surface area contributed by atoms with Gasteiger partial charge in [0.25, 0.3) is 0 Å². The molecule has 0 heterocycles. The first kappa shape index (κ1) is 11.6. The Kier molecular flexibility index (Phi) is 3.58. The van der Waals surface area contributed by atoms with Gasteiger partial charge in [-0.05, 0) is 18.2 Å². The molecule has 0 bridgehead atoms. The van der Waals surface area contributed by atoms with Gasteiger partial charge in [-0.2, -0.15) is 0 Å². The molecule has 0 radical (unpaired) electrons. The lowest BCUT2D eigenvalue weighted by Gasteiger charge is -2.05. The van der Waals surface area contributed by atoms with Crippen molar-refractivity contribution in [2.75, 3.05) is 9.93 Å². The Morgan fingerprint density at radius 2 is 2.07 bits per heavy atom. The third-order valence-electron chi connectivity index (χ3n) is 1.34. The number of hydrogen-bond donors (Lipinski definition) is 1. The van der Waals surface area contributed by atoms with Crippen molar-refractivity contribution in [1.82, 2.24) is 0 Å². The maximum Gasteiger partial charge on any atom is 0.246 e. The van der Waals surface area contributed by atoms with Gasteiger partial charge in [0.2, 0.25) is 10.0 Å². The standard InChI is InChI=1S/C7H6Cl2FNO2S/c8-4-14(12,13)11-5-1-2-6(9)7(10)3-5/h1-3,11H,4H2. The summed E-state index contributed by atoms with van der Waals surface area (Å²) in [4.78, 5) is 0. The average Bonchev–Trinajstić information content (AvgIpc) is 2.11. The average molecular weight is 258 g/mol. The number of anilines is 1. The van der Waals surface area contributed by atoms with E-state index in [0.29, 0.717) is 0 Å². The van der Waals surface area contributed by atoms with E-state index in [4.69, 9.17) is 23.2 Å². The molecule has 0 aliphatic rings. The number of hydrogen-bond acceptors (Lipinski definition) is 2. The number of nitrogens with one attached hydrogen (secondary N) is 1. The Hall–Kier alpha value is -0.520. The van der Waals surface area contributed by atoms with Crippen LogP contribution in [0.15, 0.2) is 18.2 Å². The highest BCUT2D eigenvalue weighted by Gasteiger charge is 2.09. The van der Waals surface area contributed by atoms with Crippen LogP contribution in [0.25, 0.3) is 0 Å². The molecule has 0 aliphatic carbocycles. The van der Waals surface area contributed by atoms with E-state index in [1.54, 1.807) is 0 Å². The van der Waals surface area contributed by atoms with E-state index in [-0.39, 0.29) is 10.7 Å². The van der Waals surface area contributed by atoms with Crippen LogP contribution in [0.1, 0.15) is 0 Å². The van der Waals surface area contributed by atoms with Gasteiger partial charge in [0.15, 0.2) is 0 Å². The highest BCUT2D eigenvalue weighted by molar-refractivity contribution is 7.93. The van der Waals surface area contributed by atoms with Crippen LogP contribution in [0.4, 0.5) is 10.1 Å². The lowest BCUT2D eigenvalue weighted by molar-refractivity contribution is 0.605. The summed E-state index contributed by atoms with van der Waals surface area (Å²) in [5.74, 6) is -0.693. The van der Waals surface area contributed by atoms with Crippen molar-refractivity contribution in [2.45, 2.75) is 0 Å². The molecule has 0 aliphatic heterocycles. The van der Waals surface area contributed by atoms with Crippen LogP contribution in [0.3, 0.4) is 0 Å². The molecule has 3 nitrogen and oxygen atoms in total. The predicted molar refractivity (Wildman–Crippen MR) is 54.7 cm³/mol. The molecule has 1 rings (SSSR count). The number of sulfonamides is 1. The minimum atomic E-state index is -3.60. The smallest absolute Gasteiger partial charge is 0.246 e. The molecule has 0 unspecified atom stereocenters. The molecule has 0 atom stereocenters. The summed E-state index contributed by atoms with van der Waals surface area (Å²) in [6, 6.07) is 3.57. The summed E-state index contributed by atoms with van der Waals surface area (Å²) in [5.41, 5.74) is 0.0903. The number of benzene rings is 1. The first-order chi connectivity index (χ1) is 6.44. The van der Waals surface area contributed by atoms with Gasteiger partial charge in [0.05, 0.1) is 10.7 Å². The van der Waals surface area contributed by atoms with E-state index in [0.717, 1.165) is 6.07 Å². The highest BCUT2D eigenvalue weighted by atomic mass is 35.5. The van der Waals surface area contributed by atoms with Crippen LogP contribution >= 0.6 is 23.2 Å². The lowest BCUT2D eigenvalue weighted by atomic mass is 10.3. The second kappa shape index (κ2) is 4.33. The van der Waals surface area contributed by atoms with Crippen molar-refractivity contribution in [3.8, 4) is 0 Å². The topological polar surface area (TPSA) is 46.2 Å². The van der Waals surface area contributed by atoms with Crippen LogP contribution in [0.5, 0.6) is 0 Å². The van der Waals surface area contributed by atoms with Gasteiger partial charge in [0.1, 0.15) is 11.0 Å². The Balaban J connectivity index is 2.94. The number of halogens is 3. The largest absolute Gasteiger partial charge is 0.282 e. The second-order valence-corrected chi connectivity index (χ2v) is 5.17. The van der Waals surface area contributed by atoms with Gasteiger partial charge >= 0.3 is 0 Å². The molecule has 1 N–H and O–H groups in total. The quantitative estimate of drug-likeness (QED) is 0.846. The molecular formula is C7H6Cl2FNO2S. The number of rotatable bonds is 3. The van der Waals surface area contributed by atoms with Crippen molar-refractivity contribution in [1.29, 1.82) is 0 Å². The van der Waals surface area contributed by atoms with E-state index in [1.807, 2.05) is 0 Å². The lowest BCUT2D eigenvalue weighted by Crippen LogP contribution is -2.13. The molecule has 78 valence electrons. The molecule has 0 amide bonds. The predicted octanol–water partition coefficient (Wildman–Crippen LogP) is 2.42. The normalized spacial score (nSPS) is 11.4. The van der Waals surface area contributed by atoms with Gasteiger partial charge in [-0.1, -0.05) is 11.6 Å². The molecular weight excluding hydrogens is 252 g/mol. The molecule has 0 spiro atoms. The minimum absolute atomic E-state index is 0.0705. The molecule has 1 aromatic carbocycles. The fourth-order valence-electron chi connectivity index (χ4n) is 0.766. The molecule has 0 saturated heterocycles. The second-order valence-electron chi connectivity index (χ2n) is 2.45. The van der Waals surface area contributed by atoms with Gasteiger partial charge in [0, 0.05) is 0 Å². The first-order valence-electron chi connectivity index (χ1n) is 3.46. The van der Waals surface area contributed by atoms with Crippen molar-refractivity contribution in [3.05, 3.63) is 29.0 Å². The summed E-state index contributed by atoms with van der Waals surface area (Å²) in [7, 11) is -3.60. The van der Waals surface area contributed by atoms with E-state index in [1.165, 1.54) is 12.1 Å². The molecule has 0 aromatic heterocycles. The maximum absolute atomic E-state index is 12.9. The number of alkyl halides is 1. The van der Waals surface area contributed by atoms with Gasteiger partial charge in [-0.3, -0.25) is 4.72 Å². The molecule has 0 fully saturated rings. The zero-order chi connectivity index (χ0) is 10.8. The highest BCUT2D eigenvalue weighted by Crippen LogP contribution is 2.19. The monoisotopic (exact) mass is 257 g/mol. The zero-order valence-corrected chi connectivity index (χ0v) is 9.13. The first-order valence-corrected chi connectivity index (χ1v) is 6.02. The summed E-state index contributed by atoms with van der Waals surface area (Å²) >= 11 is 10.6. The SMILES string of the molecule is O=S(=O)(CCl)Nc1ccc(Cl)c(F)c1. The van der Waals surface area contributed by atoms with Crippen molar-refractivity contribution >= 4 is 38.9 Å². The van der Waals surface area contributed by atoms with Crippen LogP contribution in [-0.2, 0) is 10.0 Å². The Labute approximate surface area is 90.9 Å². The van der Waals surface area contributed by atoms with Gasteiger partial charge in [-0.25, -0.2) is 12.8 Å². The van der Waals surface area contributed by atoms with Crippen molar-refractivity contribution in [3.63, 3.8) is 0 Å². The fourth-order valence-corrected chi connectivity index (χ4v) is 1.59. The van der Waals surface area contributed by atoms with Gasteiger partial charge < -0.3 is 0 Å². The van der Waals surface area contributed by atoms with Crippen LogP contribution in [-0.4, -0.2) is 13.6 Å². The minimum Gasteiger partial charge on any atom is -0.282 e.